The summed E-state index contributed by atoms with van der Waals surface area (Å²) in [6.07, 6.45) is 10.8. The zero-order valence-electron chi connectivity index (χ0n) is 20.6. The first-order valence-electron chi connectivity index (χ1n) is 12.2. The van der Waals surface area contributed by atoms with Crippen LogP contribution in [0, 0.1) is 5.41 Å². The van der Waals surface area contributed by atoms with Crippen LogP contribution >= 0.6 is 0 Å². The van der Waals surface area contributed by atoms with E-state index in [0.29, 0.717) is 37.4 Å². The van der Waals surface area contributed by atoms with Crippen molar-refractivity contribution in [2.75, 3.05) is 31.9 Å². The minimum Gasteiger partial charge on any atom is -0.398 e. The lowest BCUT2D eigenvalue weighted by molar-refractivity contribution is -0.136. The molecule has 1 aromatic heterocycles. The number of hydrogen-bond acceptors (Lipinski definition) is 5. The summed E-state index contributed by atoms with van der Waals surface area (Å²) in [6.45, 7) is 9.88. The summed E-state index contributed by atoms with van der Waals surface area (Å²) < 4.78 is 0. The maximum Gasteiger partial charge on any atom is 0.253 e. The Morgan fingerprint density at radius 3 is 2.34 bits per heavy atom. The average Bonchev–Trinajstić information content (AvgIpc) is 2.88. The molecule has 2 amide bonds. The molecular weight excluding hydrogens is 438 g/mol. The van der Waals surface area contributed by atoms with Gasteiger partial charge in [0.1, 0.15) is 0 Å². The quantitative estimate of drug-likeness (QED) is 0.299. The molecule has 2 aliphatic rings. The van der Waals surface area contributed by atoms with E-state index in [1.54, 1.807) is 22.8 Å². The fourth-order valence-electron chi connectivity index (χ4n) is 5.05. The SMILES string of the molecule is C=C(/C=C\C(=C/C)C(=O)N1CCN(C(C)=O)CC1)c1nc2ccc(N)c(C=N)c2c2c1CCCC2. The summed E-state index contributed by atoms with van der Waals surface area (Å²) in [5.74, 6) is 0.000503. The number of carbonyl (C=O) groups is 2. The molecule has 3 N–H and O–H groups in total. The van der Waals surface area contributed by atoms with Crippen LogP contribution < -0.4 is 5.73 Å². The molecule has 182 valence electrons. The number of pyridine rings is 1. The number of fused-ring (bicyclic) bond motifs is 3. The van der Waals surface area contributed by atoms with Crippen molar-refractivity contribution in [3.8, 4) is 0 Å². The van der Waals surface area contributed by atoms with E-state index in [0.717, 1.165) is 53.4 Å². The van der Waals surface area contributed by atoms with Crippen LogP contribution in [0.1, 0.15) is 49.1 Å². The number of carbonyl (C=O) groups excluding carboxylic acids is 2. The van der Waals surface area contributed by atoms with Crippen molar-refractivity contribution in [1.29, 1.82) is 5.41 Å². The highest BCUT2D eigenvalue weighted by Crippen LogP contribution is 2.36. The fourth-order valence-corrected chi connectivity index (χ4v) is 5.05. The average molecular weight is 472 g/mol. The van der Waals surface area contributed by atoms with Gasteiger partial charge >= 0.3 is 0 Å². The standard InChI is InChI=1S/C28H33N5O2/c1-4-20(28(35)33-15-13-32(14-16-33)19(3)34)10-9-18(2)27-22-8-6-5-7-21(22)26-23(17-29)24(30)11-12-25(26)31-27/h4,9-12,17,29H,2,5-8,13-16,30H2,1,3H3/b10-9-,20-4+,29-17?. The Morgan fingerprint density at radius 1 is 1.06 bits per heavy atom. The molecule has 2 heterocycles. The number of piperazine rings is 1. The van der Waals surface area contributed by atoms with Crippen LogP contribution in [0.25, 0.3) is 16.5 Å². The third-order valence-corrected chi connectivity index (χ3v) is 7.03. The van der Waals surface area contributed by atoms with Crippen molar-refractivity contribution in [2.24, 2.45) is 0 Å². The Hall–Kier alpha value is -3.74. The van der Waals surface area contributed by atoms with Gasteiger partial charge in [0.2, 0.25) is 5.91 Å². The molecule has 1 aromatic carbocycles. The molecule has 1 fully saturated rings. The highest BCUT2D eigenvalue weighted by Gasteiger charge is 2.24. The van der Waals surface area contributed by atoms with Gasteiger partial charge in [-0.1, -0.05) is 18.7 Å². The normalized spacial score (nSPS) is 16.5. The molecule has 1 saturated heterocycles. The van der Waals surface area contributed by atoms with Crippen LogP contribution in [0.4, 0.5) is 5.69 Å². The third kappa shape index (κ3) is 4.76. The minimum absolute atomic E-state index is 0.0423. The molecule has 0 bridgehead atoms. The Bertz CT molecular complexity index is 1270. The van der Waals surface area contributed by atoms with Crippen molar-refractivity contribution in [2.45, 2.75) is 39.5 Å². The van der Waals surface area contributed by atoms with E-state index >= 15 is 0 Å². The van der Waals surface area contributed by atoms with Gasteiger partial charge < -0.3 is 20.9 Å². The summed E-state index contributed by atoms with van der Waals surface area (Å²) in [6, 6.07) is 3.71. The lowest BCUT2D eigenvalue weighted by Gasteiger charge is -2.34. The molecule has 7 heteroatoms. The molecule has 1 aliphatic carbocycles. The smallest absolute Gasteiger partial charge is 0.253 e. The molecular formula is C28H33N5O2. The summed E-state index contributed by atoms with van der Waals surface area (Å²) in [5.41, 5.74) is 12.9. The number of benzene rings is 1. The molecule has 0 atom stereocenters. The van der Waals surface area contributed by atoms with E-state index in [1.807, 2.05) is 31.2 Å². The van der Waals surface area contributed by atoms with E-state index in [9.17, 15) is 9.59 Å². The van der Waals surface area contributed by atoms with Crippen LogP contribution in [-0.2, 0) is 22.4 Å². The van der Waals surface area contributed by atoms with Gasteiger partial charge in [-0.2, -0.15) is 0 Å². The van der Waals surface area contributed by atoms with E-state index in [1.165, 1.54) is 17.3 Å². The van der Waals surface area contributed by atoms with Crippen LogP contribution in [0.5, 0.6) is 0 Å². The van der Waals surface area contributed by atoms with E-state index in [-0.39, 0.29) is 11.8 Å². The lowest BCUT2D eigenvalue weighted by Crippen LogP contribution is -2.50. The van der Waals surface area contributed by atoms with Crippen molar-refractivity contribution in [1.82, 2.24) is 14.8 Å². The molecule has 35 heavy (non-hydrogen) atoms. The van der Waals surface area contributed by atoms with Gasteiger partial charge in [0, 0.05) is 61.5 Å². The number of allylic oxidation sites excluding steroid dienone is 3. The van der Waals surface area contributed by atoms with Crippen LogP contribution in [0.2, 0.25) is 0 Å². The topological polar surface area (TPSA) is 103 Å². The number of nitrogens with one attached hydrogen (secondary N) is 1. The number of hydrogen-bond donors (Lipinski definition) is 2. The fraction of sp³-hybridized carbons (Fsp3) is 0.357. The molecule has 0 radical (unpaired) electrons. The van der Waals surface area contributed by atoms with Crippen molar-refractivity contribution in [3.63, 3.8) is 0 Å². The maximum atomic E-state index is 13.1. The second kappa shape index (κ2) is 10.3. The predicted octanol–water partition coefficient (Wildman–Crippen LogP) is 3.90. The largest absolute Gasteiger partial charge is 0.398 e. The van der Waals surface area contributed by atoms with E-state index in [2.05, 4.69) is 6.58 Å². The molecule has 1 aliphatic heterocycles. The van der Waals surface area contributed by atoms with Crippen molar-refractivity contribution in [3.05, 3.63) is 64.9 Å². The highest BCUT2D eigenvalue weighted by atomic mass is 16.2. The Kier molecular flexibility index (Phi) is 7.15. The molecule has 0 spiro atoms. The predicted molar refractivity (Wildman–Crippen MR) is 141 cm³/mol. The number of nitrogen functional groups attached to an aromatic ring is 1. The Morgan fingerprint density at radius 2 is 1.71 bits per heavy atom. The summed E-state index contributed by atoms with van der Waals surface area (Å²) >= 11 is 0. The second-order valence-corrected chi connectivity index (χ2v) is 9.13. The first-order chi connectivity index (χ1) is 16.8. The van der Waals surface area contributed by atoms with Gasteiger partial charge in [-0.25, -0.2) is 4.98 Å². The van der Waals surface area contributed by atoms with Gasteiger partial charge in [-0.05, 0) is 67.5 Å². The lowest BCUT2D eigenvalue weighted by atomic mass is 9.85. The summed E-state index contributed by atoms with van der Waals surface area (Å²) in [7, 11) is 0. The van der Waals surface area contributed by atoms with Crippen molar-refractivity contribution >= 4 is 40.2 Å². The molecule has 2 aromatic rings. The zero-order valence-corrected chi connectivity index (χ0v) is 20.6. The first-order valence-corrected chi connectivity index (χ1v) is 12.2. The second-order valence-electron chi connectivity index (χ2n) is 9.13. The maximum absolute atomic E-state index is 13.1. The Labute approximate surface area is 206 Å². The van der Waals surface area contributed by atoms with Gasteiger partial charge in [-0.15, -0.1) is 0 Å². The number of nitrogens with zero attached hydrogens (tertiary/aromatic N) is 3. The number of anilines is 1. The molecule has 4 rings (SSSR count). The highest BCUT2D eigenvalue weighted by molar-refractivity contribution is 6.05. The number of amides is 2. The third-order valence-electron chi connectivity index (χ3n) is 7.03. The zero-order chi connectivity index (χ0) is 25.1. The number of rotatable bonds is 5. The first kappa shape index (κ1) is 24.4. The van der Waals surface area contributed by atoms with Crippen molar-refractivity contribution < 1.29 is 9.59 Å². The van der Waals surface area contributed by atoms with Crippen LogP contribution in [0.3, 0.4) is 0 Å². The van der Waals surface area contributed by atoms with Gasteiger partial charge in [0.15, 0.2) is 0 Å². The van der Waals surface area contributed by atoms with Crippen LogP contribution in [0.15, 0.2) is 42.5 Å². The number of aryl methyl sites for hydroxylation is 1. The molecule has 0 saturated carbocycles. The molecule has 0 unspecified atom stereocenters. The summed E-state index contributed by atoms with van der Waals surface area (Å²) in [5, 5.41) is 8.87. The van der Waals surface area contributed by atoms with Gasteiger partial charge in [-0.3, -0.25) is 9.59 Å². The van der Waals surface area contributed by atoms with E-state index in [4.69, 9.17) is 16.1 Å². The number of nitrogens with two attached hydrogens (primary N) is 1. The van der Waals surface area contributed by atoms with Gasteiger partial charge in [0.05, 0.1) is 11.2 Å². The minimum atomic E-state index is -0.0423. The Balaban J connectivity index is 1.61. The molecule has 7 nitrogen and oxygen atoms in total. The summed E-state index contributed by atoms with van der Waals surface area (Å²) in [4.78, 5) is 33.2. The number of aromatic nitrogens is 1. The monoisotopic (exact) mass is 471 g/mol. The van der Waals surface area contributed by atoms with Gasteiger partial charge in [0.25, 0.3) is 5.91 Å². The van der Waals surface area contributed by atoms with Crippen LogP contribution in [-0.4, -0.2) is 59.0 Å². The van der Waals surface area contributed by atoms with E-state index < -0.39 is 0 Å².